The molecule has 0 saturated carbocycles. The van der Waals surface area contributed by atoms with Gasteiger partial charge in [-0.1, -0.05) is 23.7 Å². The number of nitrogens with zero attached hydrogens (tertiary/aromatic N) is 2. The molecule has 1 amide bonds. The third-order valence-corrected chi connectivity index (χ3v) is 6.94. The molecular weight excluding hydrogens is 467 g/mol. The second-order valence-corrected chi connectivity index (χ2v) is 9.21. The number of carbonyl (C=O) groups is 2. The van der Waals surface area contributed by atoms with Gasteiger partial charge < -0.3 is 14.7 Å². The van der Waals surface area contributed by atoms with Crippen molar-refractivity contribution in [3.63, 3.8) is 0 Å². The van der Waals surface area contributed by atoms with Gasteiger partial charge in [-0.15, -0.1) is 11.3 Å². The molecule has 0 radical (unpaired) electrons. The molecule has 1 aliphatic rings. The van der Waals surface area contributed by atoms with Crippen LogP contribution >= 0.6 is 22.9 Å². The van der Waals surface area contributed by atoms with E-state index in [0.29, 0.717) is 40.9 Å². The molecule has 2 heterocycles. The number of carbonyl (C=O) groups excluding carboxylic acids is 1. The van der Waals surface area contributed by atoms with Gasteiger partial charge in [0.1, 0.15) is 21.5 Å². The molecule has 0 spiro atoms. The highest BCUT2D eigenvalue weighted by atomic mass is 35.5. The number of amides is 1. The second kappa shape index (κ2) is 10.3. The number of hydrogen-bond acceptors (Lipinski definition) is 5. The molecule has 2 aromatic carbocycles. The van der Waals surface area contributed by atoms with Crippen LogP contribution in [0.2, 0.25) is 5.02 Å². The van der Waals surface area contributed by atoms with E-state index in [1.807, 2.05) is 0 Å². The maximum atomic E-state index is 13.1. The first-order valence-electron chi connectivity index (χ1n) is 10.6. The average Bonchev–Trinajstić information content (AvgIpc) is 3.45. The van der Waals surface area contributed by atoms with Crippen LogP contribution in [0.25, 0.3) is 0 Å². The van der Waals surface area contributed by atoms with Gasteiger partial charge in [0.15, 0.2) is 6.61 Å². The number of benzene rings is 2. The maximum absolute atomic E-state index is 13.1. The summed E-state index contributed by atoms with van der Waals surface area (Å²) in [7, 11) is 0. The summed E-state index contributed by atoms with van der Waals surface area (Å²) in [5.74, 6) is -0.969. The smallest absolute Gasteiger partial charge is 0.347 e. The van der Waals surface area contributed by atoms with E-state index in [1.165, 1.54) is 12.1 Å². The van der Waals surface area contributed by atoms with Gasteiger partial charge in [0.05, 0.1) is 11.7 Å². The van der Waals surface area contributed by atoms with Crippen LogP contribution < -0.4 is 4.74 Å². The molecule has 1 saturated heterocycles. The molecule has 1 fully saturated rings. The third kappa shape index (κ3) is 5.69. The minimum absolute atomic E-state index is 0.118. The fraction of sp³-hybridized carbons (Fsp3) is 0.292. The van der Waals surface area contributed by atoms with E-state index in [-0.39, 0.29) is 29.3 Å². The molecule has 6 nitrogen and oxygen atoms in total. The van der Waals surface area contributed by atoms with Crippen molar-refractivity contribution >= 4 is 34.8 Å². The lowest BCUT2D eigenvalue weighted by Gasteiger charge is -2.23. The molecule has 1 N–H and O–H groups in total. The Morgan fingerprint density at radius 1 is 1.15 bits per heavy atom. The minimum Gasteiger partial charge on any atom is -0.484 e. The molecule has 172 valence electrons. The number of aryl methyl sites for hydroxylation is 2. The van der Waals surface area contributed by atoms with Crippen molar-refractivity contribution in [2.24, 2.45) is 0 Å². The van der Waals surface area contributed by atoms with Crippen LogP contribution in [0.1, 0.15) is 44.8 Å². The van der Waals surface area contributed by atoms with Crippen LogP contribution in [0.5, 0.6) is 5.75 Å². The van der Waals surface area contributed by atoms with Gasteiger partial charge in [-0.25, -0.2) is 14.2 Å². The van der Waals surface area contributed by atoms with E-state index < -0.39 is 5.97 Å². The molecule has 1 atom stereocenters. The molecule has 9 heteroatoms. The van der Waals surface area contributed by atoms with Crippen molar-refractivity contribution in [2.75, 3.05) is 13.2 Å². The zero-order valence-electron chi connectivity index (χ0n) is 17.7. The Morgan fingerprint density at radius 3 is 2.58 bits per heavy atom. The highest BCUT2D eigenvalue weighted by Gasteiger charge is 2.33. The Bertz CT molecular complexity index is 1130. The van der Waals surface area contributed by atoms with Crippen molar-refractivity contribution in [2.45, 2.75) is 31.7 Å². The predicted molar refractivity (Wildman–Crippen MR) is 124 cm³/mol. The van der Waals surface area contributed by atoms with Crippen molar-refractivity contribution in [3.05, 3.63) is 80.5 Å². The highest BCUT2D eigenvalue weighted by molar-refractivity contribution is 7.13. The lowest BCUT2D eigenvalue weighted by atomic mass is 10.1. The SMILES string of the molecule is O=C(O)c1sc([C@@H]2CCCN2C(=O)COc2ccc(Cl)cc2)nc1CCc1ccc(F)cc1. The molecule has 3 aromatic rings. The Kier molecular flexibility index (Phi) is 7.25. The molecule has 0 bridgehead atoms. The average molecular weight is 489 g/mol. The van der Waals surface area contributed by atoms with E-state index in [4.69, 9.17) is 16.3 Å². The van der Waals surface area contributed by atoms with Gasteiger partial charge in [-0.3, -0.25) is 4.79 Å². The first kappa shape index (κ1) is 23.2. The normalized spacial score (nSPS) is 15.6. The Hall–Kier alpha value is -2.97. The molecule has 1 aliphatic heterocycles. The number of carboxylic acid groups (broad SMARTS) is 1. The summed E-state index contributed by atoms with van der Waals surface area (Å²) in [6.07, 6.45) is 2.50. The van der Waals surface area contributed by atoms with E-state index in [0.717, 1.165) is 29.7 Å². The maximum Gasteiger partial charge on any atom is 0.347 e. The molecule has 0 unspecified atom stereocenters. The van der Waals surface area contributed by atoms with Gasteiger partial charge in [0, 0.05) is 11.6 Å². The number of carboxylic acids is 1. The summed E-state index contributed by atoms with van der Waals surface area (Å²) < 4.78 is 18.7. The summed E-state index contributed by atoms with van der Waals surface area (Å²) in [4.78, 5) is 31.2. The summed E-state index contributed by atoms with van der Waals surface area (Å²) in [6.45, 7) is 0.451. The summed E-state index contributed by atoms with van der Waals surface area (Å²) in [5, 5.41) is 10.9. The number of ether oxygens (including phenoxy) is 1. The Morgan fingerprint density at radius 2 is 1.88 bits per heavy atom. The molecule has 33 heavy (non-hydrogen) atoms. The number of likely N-dealkylation sites (tertiary alicyclic amines) is 1. The van der Waals surface area contributed by atoms with Crippen molar-refractivity contribution in [1.29, 1.82) is 0 Å². The lowest BCUT2D eigenvalue weighted by Crippen LogP contribution is -2.34. The summed E-state index contributed by atoms with van der Waals surface area (Å²) in [5.41, 5.74) is 1.39. The third-order valence-electron chi connectivity index (χ3n) is 5.51. The van der Waals surface area contributed by atoms with Gasteiger partial charge in [-0.05, 0) is 67.6 Å². The van der Waals surface area contributed by atoms with Gasteiger partial charge in [0.2, 0.25) is 0 Å². The Labute approximate surface area is 199 Å². The number of hydrogen-bond donors (Lipinski definition) is 1. The molecular formula is C24H22ClFN2O4S. The number of halogens is 2. The molecule has 0 aliphatic carbocycles. The van der Waals surface area contributed by atoms with Gasteiger partial charge >= 0.3 is 5.97 Å². The quantitative estimate of drug-likeness (QED) is 0.473. The standard InChI is InChI=1S/C24H22ClFN2O4S/c25-16-6-10-18(11-7-16)32-14-21(29)28-13-1-2-20(28)23-27-19(22(33-23)24(30)31)12-5-15-3-8-17(26)9-4-15/h3-4,6-11,20H,1-2,5,12-14H2,(H,30,31)/t20-/m0/s1. The second-order valence-electron chi connectivity index (χ2n) is 7.75. The number of aromatic carboxylic acids is 1. The molecule has 4 rings (SSSR count). The molecule has 1 aromatic heterocycles. The van der Waals surface area contributed by atoms with Crippen LogP contribution in [-0.4, -0.2) is 40.0 Å². The van der Waals surface area contributed by atoms with E-state index in [1.54, 1.807) is 41.3 Å². The van der Waals surface area contributed by atoms with Crippen LogP contribution in [0.3, 0.4) is 0 Å². The number of aromatic nitrogens is 1. The van der Waals surface area contributed by atoms with Crippen LogP contribution in [-0.2, 0) is 17.6 Å². The summed E-state index contributed by atoms with van der Waals surface area (Å²) in [6, 6.07) is 12.6. The zero-order valence-corrected chi connectivity index (χ0v) is 19.2. The largest absolute Gasteiger partial charge is 0.484 e. The van der Waals surface area contributed by atoms with Crippen molar-refractivity contribution in [3.8, 4) is 5.75 Å². The zero-order chi connectivity index (χ0) is 23.4. The van der Waals surface area contributed by atoms with Gasteiger partial charge in [0.25, 0.3) is 5.91 Å². The van der Waals surface area contributed by atoms with E-state index >= 15 is 0 Å². The van der Waals surface area contributed by atoms with E-state index in [2.05, 4.69) is 4.98 Å². The lowest BCUT2D eigenvalue weighted by molar-refractivity contribution is -0.134. The first-order chi connectivity index (χ1) is 15.9. The minimum atomic E-state index is -1.03. The van der Waals surface area contributed by atoms with E-state index in [9.17, 15) is 19.1 Å². The van der Waals surface area contributed by atoms with Crippen molar-refractivity contribution in [1.82, 2.24) is 9.88 Å². The van der Waals surface area contributed by atoms with Crippen LogP contribution in [0.4, 0.5) is 4.39 Å². The summed E-state index contributed by atoms with van der Waals surface area (Å²) >= 11 is 6.99. The monoisotopic (exact) mass is 488 g/mol. The van der Waals surface area contributed by atoms with Gasteiger partial charge in [-0.2, -0.15) is 0 Å². The predicted octanol–water partition coefficient (Wildman–Crippen LogP) is 5.16. The first-order valence-corrected chi connectivity index (χ1v) is 11.8. The topological polar surface area (TPSA) is 79.7 Å². The van der Waals surface area contributed by atoms with Crippen molar-refractivity contribution < 1.29 is 23.8 Å². The highest BCUT2D eigenvalue weighted by Crippen LogP contribution is 2.36. The van der Waals surface area contributed by atoms with Crippen LogP contribution in [0.15, 0.2) is 48.5 Å². The fourth-order valence-corrected chi connectivity index (χ4v) is 5.07. The fourth-order valence-electron chi connectivity index (χ4n) is 3.84. The Balaban J connectivity index is 1.45. The van der Waals surface area contributed by atoms with Crippen LogP contribution in [0, 0.1) is 5.82 Å². The number of thiazole rings is 1. The number of rotatable bonds is 8.